The topological polar surface area (TPSA) is 47.2 Å². The predicted molar refractivity (Wildman–Crippen MR) is 111 cm³/mol. The Kier molecular flexibility index (Phi) is 4.70. The van der Waals surface area contributed by atoms with Crippen LogP contribution in [0.3, 0.4) is 0 Å². The molecule has 0 unspecified atom stereocenters. The van der Waals surface area contributed by atoms with E-state index >= 15 is 0 Å². The van der Waals surface area contributed by atoms with Gasteiger partial charge in [-0.3, -0.25) is 4.79 Å². The van der Waals surface area contributed by atoms with Gasteiger partial charge in [-0.2, -0.15) is 23.0 Å². The van der Waals surface area contributed by atoms with Crippen molar-refractivity contribution < 1.29 is 26.7 Å². The molecule has 5 rings (SSSR count). The number of benzene rings is 3. The van der Waals surface area contributed by atoms with Crippen LogP contribution in [0.25, 0.3) is 22.4 Å². The van der Waals surface area contributed by atoms with Gasteiger partial charge in [0.25, 0.3) is 5.91 Å². The highest BCUT2D eigenvalue weighted by molar-refractivity contribution is 6.48. The third-order valence-corrected chi connectivity index (χ3v) is 5.21. The molecular formula is C24H12F5N3O. The molecule has 2 heterocycles. The van der Waals surface area contributed by atoms with Gasteiger partial charge >= 0.3 is 6.18 Å². The van der Waals surface area contributed by atoms with E-state index < -0.39 is 29.3 Å². The fraction of sp³-hybridized carbons (Fsp3) is 0.0417. The fourth-order valence-corrected chi connectivity index (χ4v) is 3.65. The van der Waals surface area contributed by atoms with Gasteiger partial charge in [-0.15, -0.1) is 0 Å². The number of nitrogens with zero attached hydrogens (tertiary/aromatic N) is 3. The van der Waals surface area contributed by atoms with E-state index in [9.17, 15) is 26.7 Å². The Morgan fingerprint density at radius 1 is 0.818 bits per heavy atom. The Hall–Kier alpha value is -4.14. The molecular weight excluding hydrogens is 441 g/mol. The standard InChI is InChI=1S/C24H12F5N3O/c25-16-10-11-17(18(26)12-16)19-20(13-4-2-1-3-5-13)31-32-22(19)30-21(23(32)33)14-6-8-15(9-7-14)24(27,28)29/h1-12H. The Morgan fingerprint density at radius 3 is 2.15 bits per heavy atom. The Balaban J connectivity index is 1.69. The average Bonchev–Trinajstić information content (AvgIpc) is 3.31. The van der Waals surface area contributed by atoms with Crippen LogP contribution in [0.4, 0.5) is 27.8 Å². The van der Waals surface area contributed by atoms with Crippen molar-refractivity contribution in [2.45, 2.75) is 6.18 Å². The van der Waals surface area contributed by atoms with Gasteiger partial charge in [-0.25, -0.2) is 13.8 Å². The number of fused-ring (bicyclic) bond motifs is 1. The largest absolute Gasteiger partial charge is 0.416 e. The van der Waals surface area contributed by atoms with Crippen LogP contribution >= 0.6 is 0 Å². The van der Waals surface area contributed by atoms with Gasteiger partial charge < -0.3 is 0 Å². The van der Waals surface area contributed by atoms with Crippen LogP contribution in [-0.4, -0.2) is 21.4 Å². The van der Waals surface area contributed by atoms with Crippen molar-refractivity contribution >= 4 is 17.4 Å². The summed E-state index contributed by atoms with van der Waals surface area (Å²) in [6, 6.07) is 15.7. The highest BCUT2D eigenvalue weighted by Crippen LogP contribution is 2.43. The van der Waals surface area contributed by atoms with E-state index in [0.717, 1.165) is 35.0 Å². The van der Waals surface area contributed by atoms with Gasteiger partial charge in [0.1, 0.15) is 23.0 Å². The summed E-state index contributed by atoms with van der Waals surface area (Å²) in [5.74, 6) is -2.30. The van der Waals surface area contributed by atoms with Crippen molar-refractivity contribution in [2.75, 3.05) is 0 Å². The van der Waals surface area contributed by atoms with E-state index in [0.29, 0.717) is 11.6 Å². The lowest BCUT2D eigenvalue weighted by atomic mass is 10.0. The molecule has 3 aromatic carbocycles. The van der Waals surface area contributed by atoms with Gasteiger partial charge in [0.2, 0.25) is 0 Å². The van der Waals surface area contributed by atoms with Crippen LogP contribution in [-0.2, 0) is 6.18 Å². The molecule has 0 atom stereocenters. The fourth-order valence-electron chi connectivity index (χ4n) is 3.65. The van der Waals surface area contributed by atoms with Crippen LogP contribution < -0.4 is 0 Å². The highest BCUT2D eigenvalue weighted by atomic mass is 19.4. The number of aromatic nitrogens is 2. The molecule has 0 spiro atoms. The van der Waals surface area contributed by atoms with E-state index in [1.807, 2.05) is 0 Å². The molecule has 1 aliphatic heterocycles. The number of alkyl halides is 3. The zero-order valence-corrected chi connectivity index (χ0v) is 16.6. The monoisotopic (exact) mass is 453 g/mol. The molecule has 4 nitrogen and oxygen atoms in total. The van der Waals surface area contributed by atoms with Crippen LogP contribution in [0.1, 0.15) is 15.9 Å². The first kappa shape index (κ1) is 20.7. The summed E-state index contributed by atoms with van der Waals surface area (Å²) in [6.45, 7) is 0. The third-order valence-electron chi connectivity index (χ3n) is 5.21. The summed E-state index contributed by atoms with van der Waals surface area (Å²) in [7, 11) is 0. The summed E-state index contributed by atoms with van der Waals surface area (Å²) in [6.07, 6.45) is -4.52. The van der Waals surface area contributed by atoms with Gasteiger partial charge in [-0.1, -0.05) is 42.5 Å². The van der Waals surface area contributed by atoms with E-state index in [-0.39, 0.29) is 33.9 Å². The molecule has 0 aliphatic carbocycles. The molecule has 0 bridgehead atoms. The molecule has 1 aromatic heterocycles. The van der Waals surface area contributed by atoms with Gasteiger partial charge in [0, 0.05) is 22.8 Å². The second-order valence-corrected chi connectivity index (χ2v) is 7.29. The molecule has 0 amide bonds. The molecule has 0 fully saturated rings. The quantitative estimate of drug-likeness (QED) is 0.343. The second-order valence-electron chi connectivity index (χ2n) is 7.29. The summed E-state index contributed by atoms with van der Waals surface area (Å²) in [5, 5.41) is 4.33. The van der Waals surface area contributed by atoms with Crippen LogP contribution in [0.5, 0.6) is 0 Å². The van der Waals surface area contributed by atoms with Gasteiger partial charge in [-0.05, 0) is 24.3 Å². The van der Waals surface area contributed by atoms with Crippen molar-refractivity contribution in [1.29, 1.82) is 0 Å². The minimum atomic E-state index is -4.52. The third kappa shape index (κ3) is 3.51. The molecule has 0 saturated carbocycles. The van der Waals surface area contributed by atoms with Crippen molar-refractivity contribution in [3.8, 4) is 22.4 Å². The molecule has 1 aliphatic rings. The van der Waals surface area contributed by atoms with Gasteiger partial charge in [0.15, 0.2) is 5.82 Å². The van der Waals surface area contributed by atoms with Crippen LogP contribution in [0, 0.1) is 11.6 Å². The number of hydrogen-bond acceptors (Lipinski definition) is 3. The number of carbonyl (C=O) groups is 1. The number of rotatable bonds is 3. The minimum absolute atomic E-state index is 0.0123. The lowest BCUT2D eigenvalue weighted by molar-refractivity contribution is -0.137. The number of carbonyl (C=O) groups excluding carboxylic acids is 1. The molecule has 0 N–H and O–H groups in total. The Morgan fingerprint density at radius 2 is 1.52 bits per heavy atom. The maximum absolute atomic E-state index is 14.7. The van der Waals surface area contributed by atoms with E-state index in [2.05, 4.69) is 10.1 Å². The first-order valence-electron chi connectivity index (χ1n) is 9.69. The second kappa shape index (κ2) is 7.47. The minimum Gasteiger partial charge on any atom is -0.265 e. The number of hydrogen-bond donors (Lipinski definition) is 0. The van der Waals surface area contributed by atoms with E-state index in [4.69, 9.17) is 0 Å². The Bertz CT molecular complexity index is 1420. The van der Waals surface area contributed by atoms with Crippen LogP contribution in [0.15, 0.2) is 77.8 Å². The predicted octanol–water partition coefficient (Wildman–Crippen LogP) is 6.29. The lowest BCUT2D eigenvalue weighted by Gasteiger charge is -2.07. The highest BCUT2D eigenvalue weighted by Gasteiger charge is 2.34. The summed E-state index contributed by atoms with van der Waals surface area (Å²) in [4.78, 5) is 17.3. The molecule has 0 radical (unpaired) electrons. The molecule has 9 heteroatoms. The first-order valence-corrected chi connectivity index (χ1v) is 9.69. The maximum Gasteiger partial charge on any atom is 0.416 e. The SMILES string of the molecule is O=C1C(c2ccc(C(F)(F)F)cc2)=Nc2c(-c3ccc(F)cc3F)c(-c3ccccc3)nn21. The smallest absolute Gasteiger partial charge is 0.265 e. The Labute approximate surface area is 183 Å². The molecule has 0 saturated heterocycles. The summed E-state index contributed by atoms with van der Waals surface area (Å²) < 4.78 is 67.9. The van der Waals surface area contributed by atoms with Crippen LogP contribution in [0.2, 0.25) is 0 Å². The van der Waals surface area contributed by atoms with Crippen molar-refractivity contribution in [3.63, 3.8) is 0 Å². The molecule has 164 valence electrons. The number of aliphatic imine (C=N–C) groups is 1. The molecule has 4 aromatic rings. The first-order chi connectivity index (χ1) is 15.7. The zero-order chi connectivity index (χ0) is 23.3. The van der Waals surface area contributed by atoms with E-state index in [1.165, 1.54) is 6.07 Å². The normalized spacial score (nSPS) is 13.2. The van der Waals surface area contributed by atoms with Gasteiger partial charge in [0.05, 0.1) is 11.1 Å². The molecule has 33 heavy (non-hydrogen) atoms. The lowest BCUT2D eigenvalue weighted by Crippen LogP contribution is -2.19. The van der Waals surface area contributed by atoms with Crippen molar-refractivity contribution in [3.05, 3.63) is 95.6 Å². The summed E-state index contributed by atoms with van der Waals surface area (Å²) in [5.41, 5.74) is 0.169. The number of halogens is 5. The maximum atomic E-state index is 14.7. The summed E-state index contributed by atoms with van der Waals surface area (Å²) >= 11 is 0. The van der Waals surface area contributed by atoms with E-state index in [1.54, 1.807) is 30.3 Å². The average molecular weight is 453 g/mol. The zero-order valence-electron chi connectivity index (χ0n) is 16.6. The van der Waals surface area contributed by atoms with Crippen molar-refractivity contribution in [2.24, 2.45) is 4.99 Å². The van der Waals surface area contributed by atoms with Crippen molar-refractivity contribution in [1.82, 2.24) is 9.78 Å².